The molecule has 0 amide bonds. The lowest BCUT2D eigenvalue weighted by Crippen LogP contribution is -2.61. The number of aliphatic carboxylic acids is 1. The van der Waals surface area contributed by atoms with Gasteiger partial charge in [-0.05, 0) is 97.8 Å². The van der Waals surface area contributed by atoms with Gasteiger partial charge in [-0.1, -0.05) is 6.92 Å². The normalized spacial score (nSPS) is 37.2. The van der Waals surface area contributed by atoms with E-state index in [4.69, 9.17) is 14.2 Å². The number of esters is 3. The van der Waals surface area contributed by atoms with Crippen molar-refractivity contribution >= 4 is 23.9 Å². The number of rotatable bonds is 10. The van der Waals surface area contributed by atoms with Crippen LogP contribution in [-0.4, -0.2) is 57.5 Å². The van der Waals surface area contributed by atoms with E-state index in [1.54, 1.807) is 13.8 Å². The van der Waals surface area contributed by atoms with Crippen LogP contribution in [0.3, 0.4) is 0 Å². The van der Waals surface area contributed by atoms with Gasteiger partial charge in [0.05, 0.1) is 28.5 Å². The molecule has 4 saturated carbocycles. The van der Waals surface area contributed by atoms with E-state index < -0.39 is 56.9 Å². The van der Waals surface area contributed by atoms with Gasteiger partial charge in [0, 0.05) is 12.8 Å². The van der Waals surface area contributed by atoms with Gasteiger partial charge < -0.3 is 24.4 Å². The fourth-order valence-corrected chi connectivity index (χ4v) is 8.04. The van der Waals surface area contributed by atoms with Gasteiger partial charge in [0.15, 0.2) is 0 Å². The Balaban J connectivity index is 1.59. The minimum Gasteiger partial charge on any atom is -0.481 e. The number of ether oxygens (including phenoxy) is 3. The monoisotopic (exact) mass is 536 g/mol. The zero-order chi connectivity index (χ0) is 28.4. The van der Waals surface area contributed by atoms with E-state index >= 15 is 0 Å². The van der Waals surface area contributed by atoms with Crippen LogP contribution in [0.2, 0.25) is 0 Å². The zero-order valence-electron chi connectivity index (χ0n) is 23.7. The predicted molar refractivity (Wildman–Crippen MR) is 136 cm³/mol. The Morgan fingerprint density at radius 2 is 1.55 bits per heavy atom. The van der Waals surface area contributed by atoms with E-state index in [9.17, 15) is 29.4 Å². The molecular formula is C29H44O9. The second kappa shape index (κ2) is 9.20. The van der Waals surface area contributed by atoms with E-state index in [-0.39, 0.29) is 25.9 Å². The van der Waals surface area contributed by atoms with Gasteiger partial charge in [-0.2, -0.15) is 0 Å². The first kappa shape index (κ1) is 28.8. The van der Waals surface area contributed by atoms with Crippen molar-refractivity contribution < 1.29 is 43.6 Å². The number of carbonyl (C=O) groups excluding carboxylic acids is 3. The summed E-state index contributed by atoms with van der Waals surface area (Å²) in [7, 11) is 0. The standard InChI is InChI=1S/C29H44O9/c1-7-25(4,21(32)38-29-13-18-10-19(14-29)12-28(35,11-18)17-29)16-26(5,15-24(2,3)20(30)31)22(33)37-27(6)8-9-36-23(27)34/h18-19,35H,7-17H2,1-6H3,(H,30,31). The number of hydrogen-bond acceptors (Lipinski definition) is 8. The fraction of sp³-hybridized carbons (Fsp3) is 0.862. The van der Waals surface area contributed by atoms with Crippen molar-refractivity contribution in [2.24, 2.45) is 28.1 Å². The SMILES string of the molecule is CCC(C)(CC(C)(CC(C)(C)C(=O)O)C(=O)OC1(C)CCOC1=O)C(=O)OC12CC3CC(CC(O)(C3)C1)C2. The molecule has 5 aliphatic rings. The van der Waals surface area contributed by atoms with Crippen LogP contribution in [0.25, 0.3) is 0 Å². The van der Waals surface area contributed by atoms with Crippen molar-refractivity contribution in [3.63, 3.8) is 0 Å². The molecule has 4 aliphatic carbocycles. The number of carboxylic acids is 1. The Hall–Kier alpha value is -2.16. The van der Waals surface area contributed by atoms with Crippen LogP contribution in [0.4, 0.5) is 0 Å². The van der Waals surface area contributed by atoms with Crippen LogP contribution in [0.5, 0.6) is 0 Å². The largest absolute Gasteiger partial charge is 0.481 e. The van der Waals surface area contributed by atoms with Crippen molar-refractivity contribution in [3.05, 3.63) is 0 Å². The molecule has 5 rings (SSSR count). The Labute approximate surface area is 225 Å². The Morgan fingerprint density at radius 1 is 0.974 bits per heavy atom. The summed E-state index contributed by atoms with van der Waals surface area (Å²) in [5.74, 6) is -2.21. The van der Waals surface area contributed by atoms with Gasteiger partial charge in [-0.3, -0.25) is 14.4 Å². The van der Waals surface area contributed by atoms with Crippen molar-refractivity contribution in [2.75, 3.05) is 6.61 Å². The van der Waals surface area contributed by atoms with Gasteiger partial charge in [0.25, 0.3) is 0 Å². The average Bonchev–Trinajstić information content (AvgIpc) is 3.08. The summed E-state index contributed by atoms with van der Waals surface area (Å²) in [6.45, 7) is 9.89. The van der Waals surface area contributed by atoms with E-state index in [1.807, 2.05) is 6.92 Å². The van der Waals surface area contributed by atoms with Crippen molar-refractivity contribution in [1.82, 2.24) is 0 Å². The third-order valence-electron chi connectivity index (χ3n) is 9.81. The van der Waals surface area contributed by atoms with E-state index in [1.165, 1.54) is 20.8 Å². The Kier molecular flexibility index (Phi) is 6.98. The second-order valence-electron chi connectivity index (χ2n) is 14.3. The van der Waals surface area contributed by atoms with Crippen LogP contribution in [0.1, 0.15) is 106 Å². The van der Waals surface area contributed by atoms with Crippen LogP contribution in [0.15, 0.2) is 0 Å². The third-order valence-corrected chi connectivity index (χ3v) is 9.81. The zero-order valence-corrected chi connectivity index (χ0v) is 23.7. The molecule has 9 heteroatoms. The summed E-state index contributed by atoms with van der Waals surface area (Å²) in [6.07, 6.45) is 4.93. The van der Waals surface area contributed by atoms with E-state index in [2.05, 4.69) is 0 Å². The number of carboxylic acid groups (broad SMARTS) is 1. The quantitative estimate of drug-likeness (QED) is 0.311. The maximum absolute atomic E-state index is 13.9. The summed E-state index contributed by atoms with van der Waals surface area (Å²) in [6, 6.07) is 0. The summed E-state index contributed by atoms with van der Waals surface area (Å²) in [4.78, 5) is 52.0. The van der Waals surface area contributed by atoms with Crippen molar-refractivity contribution in [1.29, 1.82) is 0 Å². The molecule has 9 nitrogen and oxygen atoms in total. The lowest BCUT2D eigenvalue weighted by Gasteiger charge is -2.59. The van der Waals surface area contributed by atoms with Crippen molar-refractivity contribution in [3.8, 4) is 0 Å². The minimum atomic E-state index is -1.45. The van der Waals surface area contributed by atoms with Crippen LogP contribution < -0.4 is 0 Å². The molecule has 0 spiro atoms. The molecule has 1 saturated heterocycles. The first-order chi connectivity index (χ1) is 17.4. The van der Waals surface area contributed by atoms with Crippen molar-refractivity contribution in [2.45, 2.75) is 123 Å². The minimum absolute atomic E-state index is 0.0107. The Bertz CT molecular complexity index is 1000. The van der Waals surface area contributed by atoms with Gasteiger partial charge in [-0.15, -0.1) is 0 Å². The maximum atomic E-state index is 13.9. The molecule has 5 atom stereocenters. The van der Waals surface area contributed by atoms with Crippen LogP contribution in [0, 0.1) is 28.1 Å². The summed E-state index contributed by atoms with van der Waals surface area (Å²) in [5.41, 5.74) is -6.77. The molecule has 4 bridgehead atoms. The number of carbonyl (C=O) groups is 4. The molecule has 2 N–H and O–H groups in total. The van der Waals surface area contributed by atoms with Gasteiger partial charge in [0.1, 0.15) is 5.60 Å². The summed E-state index contributed by atoms with van der Waals surface area (Å²) >= 11 is 0. The second-order valence-corrected chi connectivity index (χ2v) is 14.3. The molecule has 214 valence electrons. The molecule has 0 aromatic rings. The smallest absolute Gasteiger partial charge is 0.350 e. The fourth-order valence-electron chi connectivity index (χ4n) is 8.04. The van der Waals surface area contributed by atoms with Crippen LogP contribution in [-0.2, 0) is 33.4 Å². The molecule has 5 fully saturated rings. The highest BCUT2D eigenvalue weighted by Gasteiger charge is 2.60. The van der Waals surface area contributed by atoms with Gasteiger partial charge in [0.2, 0.25) is 5.60 Å². The highest BCUT2D eigenvalue weighted by molar-refractivity contribution is 5.87. The molecule has 1 heterocycles. The maximum Gasteiger partial charge on any atom is 0.350 e. The topological polar surface area (TPSA) is 136 Å². The van der Waals surface area contributed by atoms with Gasteiger partial charge in [-0.25, -0.2) is 4.79 Å². The summed E-state index contributed by atoms with van der Waals surface area (Å²) in [5, 5.41) is 21.0. The lowest BCUT2D eigenvalue weighted by molar-refractivity contribution is -0.227. The molecule has 0 aromatic carbocycles. The molecule has 0 radical (unpaired) electrons. The lowest BCUT2D eigenvalue weighted by atomic mass is 9.52. The van der Waals surface area contributed by atoms with Crippen LogP contribution >= 0.6 is 0 Å². The molecule has 5 unspecified atom stereocenters. The van der Waals surface area contributed by atoms with E-state index in [0.717, 1.165) is 32.1 Å². The summed E-state index contributed by atoms with van der Waals surface area (Å²) < 4.78 is 17.1. The molecule has 1 aliphatic heterocycles. The molecule has 38 heavy (non-hydrogen) atoms. The van der Waals surface area contributed by atoms with Gasteiger partial charge >= 0.3 is 23.9 Å². The third kappa shape index (κ3) is 5.19. The molecule has 0 aromatic heterocycles. The predicted octanol–water partition coefficient (Wildman–Crippen LogP) is 4.18. The number of cyclic esters (lactones) is 1. The highest BCUT2D eigenvalue weighted by Crippen LogP contribution is 2.59. The first-order valence-electron chi connectivity index (χ1n) is 14.0. The number of aliphatic hydroxyl groups is 1. The average molecular weight is 537 g/mol. The highest BCUT2D eigenvalue weighted by atomic mass is 16.6. The number of hydrogen-bond donors (Lipinski definition) is 2. The Morgan fingerprint density at radius 3 is 2.03 bits per heavy atom. The molecular weight excluding hydrogens is 492 g/mol. The van der Waals surface area contributed by atoms with E-state index in [0.29, 0.717) is 24.7 Å². The first-order valence-corrected chi connectivity index (χ1v) is 14.0.